The van der Waals surface area contributed by atoms with Gasteiger partial charge in [-0.05, 0) is 36.4 Å². The van der Waals surface area contributed by atoms with Gasteiger partial charge in [0.25, 0.3) is 17.7 Å². The summed E-state index contributed by atoms with van der Waals surface area (Å²) in [6.45, 7) is -1.94. The van der Waals surface area contributed by atoms with Crippen LogP contribution < -0.4 is 25.8 Å². The number of nitrogens with one attached hydrogen (secondary N) is 2. The average molecular weight is 393 g/mol. The highest BCUT2D eigenvalue weighted by atomic mass is 19.3. The van der Waals surface area contributed by atoms with Crippen LogP contribution in [0.3, 0.4) is 0 Å². The molecule has 0 saturated heterocycles. The second-order valence-electron chi connectivity index (χ2n) is 5.84. The summed E-state index contributed by atoms with van der Waals surface area (Å²) < 4.78 is 36.6. The van der Waals surface area contributed by atoms with Gasteiger partial charge in [-0.3, -0.25) is 9.59 Å². The highest BCUT2D eigenvalue weighted by molar-refractivity contribution is 5.94. The third-order valence-electron chi connectivity index (χ3n) is 3.65. The zero-order chi connectivity index (χ0) is 20.6. The number of alkyl halides is 2. The van der Waals surface area contributed by atoms with Gasteiger partial charge in [0.05, 0.1) is 20.2 Å². The van der Waals surface area contributed by atoms with E-state index >= 15 is 0 Å². The van der Waals surface area contributed by atoms with E-state index in [1.165, 1.54) is 31.4 Å². The zero-order valence-corrected chi connectivity index (χ0v) is 15.2. The molecular formula is C19H21F2N3O4. The maximum absolute atomic E-state index is 13.1. The molecule has 0 fully saturated rings. The molecule has 4 N–H and O–H groups in total. The molecule has 9 heteroatoms. The van der Waals surface area contributed by atoms with E-state index in [4.69, 9.17) is 15.2 Å². The van der Waals surface area contributed by atoms with Gasteiger partial charge >= 0.3 is 0 Å². The molecule has 150 valence electrons. The minimum absolute atomic E-state index is 0.181. The van der Waals surface area contributed by atoms with E-state index in [1.54, 1.807) is 24.3 Å². The van der Waals surface area contributed by atoms with Gasteiger partial charge in [-0.1, -0.05) is 6.07 Å². The Balaban J connectivity index is 1.83. The number of carbonyl (C=O) groups is 2. The molecule has 2 amide bonds. The van der Waals surface area contributed by atoms with Crippen molar-refractivity contribution >= 4 is 17.5 Å². The summed E-state index contributed by atoms with van der Waals surface area (Å²) in [5, 5.41) is 4.78. The van der Waals surface area contributed by atoms with E-state index in [0.29, 0.717) is 17.2 Å². The lowest BCUT2D eigenvalue weighted by molar-refractivity contribution is -0.118. The molecule has 0 atom stereocenters. The average Bonchev–Trinajstić information content (AvgIpc) is 2.71. The fourth-order valence-corrected chi connectivity index (χ4v) is 2.13. The summed E-state index contributed by atoms with van der Waals surface area (Å²) in [6.07, 6.45) is 0. The Hall–Kier alpha value is -3.20. The predicted molar refractivity (Wildman–Crippen MR) is 99.9 cm³/mol. The molecule has 7 nitrogen and oxygen atoms in total. The molecule has 0 aliphatic rings. The summed E-state index contributed by atoms with van der Waals surface area (Å²) in [4.78, 5) is 23.8. The van der Waals surface area contributed by atoms with Crippen molar-refractivity contribution in [3.8, 4) is 11.5 Å². The van der Waals surface area contributed by atoms with Crippen molar-refractivity contribution in [1.82, 2.24) is 5.32 Å². The van der Waals surface area contributed by atoms with E-state index in [1.807, 2.05) is 0 Å². The van der Waals surface area contributed by atoms with Crippen molar-refractivity contribution in [3.63, 3.8) is 0 Å². The van der Waals surface area contributed by atoms with Crippen LogP contribution in [0.15, 0.2) is 48.5 Å². The maximum atomic E-state index is 13.1. The minimum atomic E-state index is -3.16. The molecule has 0 aliphatic carbocycles. The Morgan fingerprint density at radius 2 is 1.82 bits per heavy atom. The number of ether oxygens (including phenoxy) is 2. The number of halogens is 2. The van der Waals surface area contributed by atoms with Crippen LogP contribution in [0.25, 0.3) is 0 Å². The first-order valence-corrected chi connectivity index (χ1v) is 8.36. The molecule has 0 saturated carbocycles. The number of hydrogen-bond acceptors (Lipinski definition) is 5. The highest BCUT2D eigenvalue weighted by Crippen LogP contribution is 2.17. The number of hydrogen-bond donors (Lipinski definition) is 3. The minimum Gasteiger partial charge on any atom is -0.497 e. The van der Waals surface area contributed by atoms with E-state index in [-0.39, 0.29) is 18.1 Å². The van der Waals surface area contributed by atoms with Crippen LogP contribution in [0.5, 0.6) is 11.5 Å². The molecular weight excluding hydrogens is 372 g/mol. The quantitative estimate of drug-likeness (QED) is 0.605. The number of amides is 2. The molecule has 2 aromatic rings. The lowest BCUT2D eigenvalue weighted by atomic mass is 10.2. The fraction of sp³-hybridized carbons (Fsp3) is 0.263. The van der Waals surface area contributed by atoms with Gasteiger partial charge in [-0.2, -0.15) is 0 Å². The van der Waals surface area contributed by atoms with Crippen LogP contribution in [0.2, 0.25) is 0 Å². The standard InChI is InChI=1S/C19H21F2N3O4/c1-27-16-4-2-3-14(9-16)24-17(25)10-28-15-7-5-13(6-8-15)18(26)23-12-19(20,21)11-22/h2-9H,10-12,22H2,1H3,(H,23,26)(H,24,25). The van der Waals surface area contributed by atoms with E-state index in [0.717, 1.165) is 0 Å². The van der Waals surface area contributed by atoms with E-state index < -0.39 is 24.9 Å². The number of anilines is 1. The number of methoxy groups -OCH3 is 1. The molecule has 0 heterocycles. The summed E-state index contributed by atoms with van der Waals surface area (Å²) in [7, 11) is 1.53. The van der Waals surface area contributed by atoms with Crippen LogP contribution in [0.1, 0.15) is 10.4 Å². The van der Waals surface area contributed by atoms with Crippen molar-refractivity contribution in [2.24, 2.45) is 5.73 Å². The maximum Gasteiger partial charge on any atom is 0.277 e. The fourth-order valence-electron chi connectivity index (χ4n) is 2.13. The van der Waals surface area contributed by atoms with Crippen molar-refractivity contribution in [1.29, 1.82) is 0 Å². The second kappa shape index (κ2) is 9.65. The van der Waals surface area contributed by atoms with Gasteiger partial charge < -0.3 is 25.8 Å². The number of carbonyl (C=O) groups excluding carboxylic acids is 2. The second-order valence-corrected chi connectivity index (χ2v) is 5.84. The molecule has 0 bridgehead atoms. The Bertz CT molecular complexity index is 813. The largest absolute Gasteiger partial charge is 0.497 e. The summed E-state index contributed by atoms with van der Waals surface area (Å²) in [6, 6.07) is 12.6. The van der Waals surface area contributed by atoms with Crippen molar-refractivity contribution in [2.45, 2.75) is 5.92 Å². The van der Waals surface area contributed by atoms with Gasteiger partial charge in [0, 0.05) is 17.3 Å². The summed E-state index contributed by atoms with van der Waals surface area (Å²) in [5.74, 6) is -3.23. The molecule has 0 unspecified atom stereocenters. The summed E-state index contributed by atoms with van der Waals surface area (Å²) in [5.41, 5.74) is 5.66. The molecule has 2 rings (SSSR count). The zero-order valence-electron chi connectivity index (χ0n) is 15.2. The Morgan fingerprint density at radius 1 is 1.11 bits per heavy atom. The van der Waals surface area contributed by atoms with Crippen molar-refractivity contribution in [2.75, 3.05) is 32.1 Å². The van der Waals surface area contributed by atoms with Crippen LogP contribution in [-0.4, -0.2) is 44.5 Å². The third-order valence-corrected chi connectivity index (χ3v) is 3.65. The normalized spacial score (nSPS) is 10.9. The third kappa shape index (κ3) is 6.51. The molecule has 28 heavy (non-hydrogen) atoms. The predicted octanol–water partition coefficient (Wildman–Crippen LogP) is 2.04. The number of rotatable bonds is 9. The van der Waals surface area contributed by atoms with Crippen LogP contribution in [0.4, 0.5) is 14.5 Å². The monoisotopic (exact) mass is 393 g/mol. The Morgan fingerprint density at radius 3 is 2.46 bits per heavy atom. The van der Waals surface area contributed by atoms with Crippen LogP contribution >= 0.6 is 0 Å². The Labute approximate surface area is 160 Å². The van der Waals surface area contributed by atoms with Gasteiger partial charge in [-0.25, -0.2) is 8.78 Å². The number of benzene rings is 2. The van der Waals surface area contributed by atoms with Crippen molar-refractivity contribution < 1.29 is 27.8 Å². The van der Waals surface area contributed by atoms with Crippen molar-refractivity contribution in [3.05, 3.63) is 54.1 Å². The first-order chi connectivity index (χ1) is 13.3. The van der Waals surface area contributed by atoms with Crippen LogP contribution in [-0.2, 0) is 4.79 Å². The lowest BCUT2D eigenvalue weighted by Gasteiger charge is -2.14. The molecule has 2 aromatic carbocycles. The smallest absolute Gasteiger partial charge is 0.277 e. The molecule has 0 aromatic heterocycles. The van der Waals surface area contributed by atoms with E-state index in [9.17, 15) is 18.4 Å². The molecule has 0 spiro atoms. The first kappa shape index (κ1) is 21.1. The van der Waals surface area contributed by atoms with Gasteiger partial charge in [0.15, 0.2) is 6.61 Å². The van der Waals surface area contributed by atoms with Gasteiger partial charge in [-0.15, -0.1) is 0 Å². The lowest BCUT2D eigenvalue weighted by Crippen LogP contribution is -2.41. The molecule has 0 aliphatic heterocycles. The highest BCUT2D eigenvalue weighted by Gasteiger charge is 2.27. The van der Waals surface area contributed by atoms with Crippen LogP contribution in [0, 0.1) is 0 Å². The first-order valence-electron chi connectivity index (χ1n) is 8.36. The SMILES string of the molecule is COc1cccc(NC(=O)COc2ccc(C(=O)NCC(F)(F)CN)cc2)c1. The molecule has 0 radical (unpaired) electrons. The van der Waals surface area contributed by atoms with Gasteiger partial charge in [0.1, 0.15) is 11.5 Å². The van der Waals surface area contributed by atoms with E-state index in [2.05, 4.69) is 10.6 Å². The van der Waals surface area contributed by atoms with Gasteiger partial charge in [0.2, 0.25) is 0 Å². The number of nitrogens with two attached hydrogens (primary N) is 1. The Kier molecular flexibility index (Phi) is 7.28. The summed E-state index contributed by atoms with van der Waals surface area (Å²) >= 11 is 0. The topological polar surface area (TPSA) is 103 Å².